The molecule has 3 aromatic carbocycles. The van der Waals surface area contributed by atoms with E-state index in [1.54, 1.807) is 35.0 Å². The molecule has 7 nitrogen and oxygen atoms in total. The van der Waals surface area contributed by atoms with Crippen molar-refractivity contribution in [2.24, 2.45) is 0 Å². The van der Waals surface area contributed by atoms with Crippen LogP contribution >= 0.6 is 0 Å². The summed E-state index contributed by atoms with van der Waals surface area (Å²) >= 11 is 0. The number of hydrogen-bond donors (Lipinski definition) is 1. The van der Waals surface area contributed by atoms with Gasteiger partial charge < -0.3 is 10.1 Å². The number of aryl methyl sites for hydroxylation is 1. The van der Waals surface area contributed by atoms with Gasteiger partial charge in [0.25, 0.3) is 5.91 Å². The van der Waals surface area contributed by atoms with E-state index in [0.717, 1.165) is 27.7 Å². The number of ether oxygens (including phenoxy) is 1. The van der Waals surface area contributed by atoms with Crippen molar-refractivity contribution in [2.45, 2.75) is 20.8 Å². The minimum absolute atomic E-state index is 0.161. The lowest BCUT2D eigenvalue weighted by molar-refractivity contribution is 0.102. The molecule has 0 radical (unpaired) electrons. The van der Waals surface area contributed by atoms with Gasteiger partial charge in [0.15, 0.2) is 5.82 Å². The highest BCUT2D eigenvalue weighted by molar-refractivity contribution is 6.12. The lowest BCUT2D eigenvalue weighted by Crippen LogP contribution is -2.12. The summed E-state index contributed by atoms with van der Waals surface area (Å²) in [6.45, 7) is 6.01. The third kappa shape index (κ3) is 4.11. The molecule has 2 heterocycles. The first-order valence-electron chi connectivity index (χ1n) is 10.9. The Bertz CT molecular complexity index is 1480. The monoisotopic (exact) mass is 449 g/mol. The van der Waals surface area contributed by atoms with Gasteiger partial charge in [-0.2, -0.15) is 5.10 Å². The van der Waals surface area contributed by atoms with E-state index in [9.17, 15) is 4.79 Å². The Morgan fingerprint density at radius 1 is 0.853 bits per heavy atom. The van der Waals surface area contributed by atoms with Crippen LogP contribution in [0.1, 0.15) is 27.3 Å². The van der Waals surface area contributed by atoms with E-state index in [1.807, 2.05) is 69.3 Å². The maximum absolute atomic E-state index is 12.8. The molecule has 0 saturated heterocycles. The zero-order chi connectivity index (χ0) is 23.7. The fourth-order valence-corrected chi connectivity index (χ4v) is 3.77. The average Bonchev–Trinajstić information content (AvgIpc) is 3.12. The first-order valence-corrected chi connectivity index (χ1v) is 10.9. The van der Waals surface area contributed by atoms with Crippen molar-refractivity contribution < 1.29 is 9.53 Å². The number of amides is 1. The third-order valence-electron chi connectivity index (χ3n) is 5.86. The van der Waals surface area contributed by atoms with E-state index in [4.69, 9.17) is 4.74 Å². The molecule has 0 aliphatic rings. The number of nitrogens with zero attached hydrogens (tertiary/aromatic N) is 4. The van der Waals surface area contributed by atoms with E-state index in [1.165, 1.54) is 0 Å². The molecule has 1 N–H and O–H groups in total. The summed E-state index contributed by atoms with van der Waals surface area (Å²) in [6.07, 6.45) is 0. The summed E-state index contributed by atoms with van der Waals surface area (Å²) in [7, 11) is 0. The van der Waals surface area contributed by atoms with Crippen molar-refractivity contribution in [3.63, 3.8) is 0 Å². The van der Waals surface area contributed by atoms with Gasteiger partial charge in [-0.05, 0) is 73.5 Å². The van der Waals surface area contributed by atoms with Crippen molar-refractivity contribution in [3.05, 3.63) is 101 Å². The minimum atomic E-state index is -0.161. The SMILES string of the molecule is Cc1nn(-c2ccc(Oc3ccc(NC(=O)c4cccc5ccccc45)cc3)nn2)c(C)c1C. The van der Waals surface area contributed by atoms with Crippen LogP contribution in [0.4, 0.5) is 5.69 Å². The maximum Gasteiger partial charge on any atom is 0.256 e. The van der Waals surface area contributed by atoms with Crippen LogP contribution in [0.15, 0.2) is 78.9 Å². The van der Waals surface area contributed by atoms with Gasteiger partial charge >= 0.3 is 0 Å². The van der Waals surface area contributed by atoms with Crippen molar-refractivity contribution in [3.8, 4) is 17.4 Å². The smallest absolute Gasteiger partial charge is 0.256 e. The van der Waals surface area contributed by atoms with Gasteiger partial charge in [0.05, 0.1) is 5.69 Å². The summed E-state index contributed by atoms with van der Waals surface area (Å²) in [4.78, 5) is 12.8. The van der Waals surface area contributed by atoms with Gasteiger partial charge in [0.2, 0.25) is 5.88 Å². The van der Waals surface area contributed by atoms with Crippen LogP contribution in [0.5, 0.6) is 11.6 Å². The standard InChI is InChI=1S/C27H23N5O2/c1-17-18(2)31-32(19(17)3)25-15-16-26(30-29-25)34-22-13-11-21(12-14-22)28-27(33)24-10-6-8-20-7-4-5-9-23(20)24/h4-16H,1-3H3,(H,28,33). The Balaban J connectivity index is 1.27. The Morgan fingerprint density at radius 2 is 1.62 bits per heavy atom. The molecule has 0 atom stereocenters. The molecule has 0 saturated carbocycles. The van der Waals surface area contributed by atoms with Gasteiger partial charge in [-0.3, -0.25) is 4.79 Å². The van der Waals surface area contributed by atoms with Crippen molar-refractivity contribution in [1.29, 1.82) is 0 Å². The summed E-state index contributed by atoms with van der Waals surface area (Å²) in [5.41, 5.74) is 4.43. The second-order valence-electron chi connectivity index (χ2n) is 8.04. The van der Waals surface area contributed by atoms with E-state index in [2.05, 4.69) is 20.6 Å². The zero-order valence-corrected chi connectivity index (χ0v) is 19.1. The summed E-state index contributed by atoms with van der Waals surface area (Å²) in [6, 6.07) is 24.2. The van der Waals surface area contributed by atoms with E-state index in [0.29, 0.717) is 28.7 Å². The first kappa shape index (κ1) is 21.3. The van der Waals surface area contributed by atoms with Crippen LogP contribution in [0.25, 0.3) is 16.6 Å². The fraction of sp³-hybridized carbons (Fsp3) is 0.111. The highest BCUT2D eigenvalue weighted by Gasteiger charge is 2.12. The molecule has 168 valence electrons. The molecular formula is C27H23N5O2. The van der Waals surface area contributed by atoms with E-state index in [-0.39, 0.29) is 5.91 Å². The number of hydrogen-bond acceptors (Lipinski definition) is 5. The number of rotatable bonds is 5. The molecule has 5 rings (SSSR count). The highest BCUT2D eigenvalue weighted by atomic mass is 16.5. The molecule has 0 aliphatic carbocycles. The van der Waals surface area contributed by atoms with Crippen molar-refractivity contribution in [1.82, 2.24) is 20.0 Å². The number of carbonyl (C=O) groups excluding carboxylic acids is 1. The zero-order valence-electron chi connectivity index (χ0n) is 19.1. The molecule has 1 amide bonds. The summed E-state index contributed by atoms with van der Waals surface area (Å²) in [5, 5.41) is 17.8. The predicted molar refractivity (Wildman–Crippen MR) is 132 cm³/mol. The Labute approximate surface area is 197 Å². The van der Waals surface area contributed by atoms with Crippen LogP contribution in [0, 0.1) is 20.8 Å². The normalized spacial score (nSPS) is 10.9. The van der Waals surface area contributed by atoms with Gasteiger partial charge in [-0.15, -0.1) is 10.2 Å². The van der Waals surface area contributed by atoms with Crippen LogP contribution < -0.4 is 10.1 Å². The summed E-state index contributed by atoms with van der Waals surface area (Å²) in [5.74, 6) is 1.43. The van der Waals surface area contributed by atoms with Crippen molar-refractivity contribution in [2.75, 3.05) is 5.32 Å². The molecule has 0 spiro atoms. The average molecular weight is 450 g/mol. The maximum atomic E-state index is 12.8. The topological polar surface area (TPSA) is 81.9 Å². The second kappa shape index (κ2) is 8.78. The van der Waals surface area contributed by atoms with Gasteiger partial charge in [0.1, 0.15) is 5.75 Å². The molecule has 0 fully saturated rings. The number of aromatic nitrogens is 4. The van der Waals surface area contributed by atoms with E-state index >= 15 is 0 Å². The predicted octanol–water partition coefficient (Wildman–Crippen LogP) is 5.79. The molecule has 2 aromatic heterocycles. The first-order chi connectivity index (χ1) is 16.5. The Hall–Kier alpha value is -4.52. The molecule has 5 aromatic rings. The number of anilines is 1. The minimum Gasteiger partial charge on any atom is -0.438 e. The van der Waals surface area contributed by atoms with Crippen LogP contribution in [0.2, 0.25) is 0 Å². The van der Waals surface area contributed by atoms with Gasteiger partial charge in [-0.1, -0.05) is 36.4 Å². The highest BCUT2D eigenvalue weighted by Crippen LogP contribution is 2.24. The molecule has 0 unspecified atom stereocenters. The molecular weight excluding hydrogens is 426 g/mol. The molecule has 0 bridgehead atoms. The quantitative estimate of drug-likeness (QED) is 0.367. The Morgan fingerprint density at radius 3 is 2.32 bits per heavy atom. The van der Waals surface area contributed by atoms with E-state index < -0.39 is 0 Å². The number of benzene rings is 3. The lowest BCUT2D eigenvalue weighted by Gasteiger charge is -2.09. The number of nitrogens with one attached hydrogen (secondary N) is 1. The molecule has 7 heteroatoms. The van der Waals surface area contributed by atoms with Crippen molar-refractivity contribution >= 4 is 22.4 Å². The molecule has 34 heavy (non-hydrogen) atoms. The number of fused-ring (bicyclic) bond motifs is 1. The van der Waals surface area contributed by atoms with Crippen LogP contribution in [-0.4, -0.2) is 25.9 Å². The fourth-order valence-electron chi connectivity index (χ4n) is 3.77. The summed E-state index contributed by atoms with van der Waals surface area (Å²) < 4.78 is 7.59. The second-order valence-corrected chi connectivity index (χ2v) is 8.04. The van der Waals surface area contributed by atoms with Crippen LogP contribution in [0.3, 0.4) is 0 Å². The number of carbonyl (C=O) groups is 1. The molecule has 0 aliphatic heterocycles. The largest absolute Gasteiger partial charge is 0.438 e. The van der Waals surface area contributed by atoms with Gasteiger partial charge in [0, 0.05) is 23.0 Å². The Kier molecular flexibility index (Phi) is 5.51. The van der Waals surface area contributed by atoms with Crippen LogP contribution in [-0.2, 0) is 0 Å². The third-order valence-corrected chi connectivity index (χ3v) is 5.86. The van der Waals surface area contributed by atoms with Gasteiger partial charge in [-0.25, -0.2) is 4.68 Å². The lowest BCUT2D eigenvalue weighted by atomic mass is 10.0.